The number of aliphatic carboxylic acids is 1. The summed E-state index contributed by atoms with van der Waals surface area (Å²) in [6.07, 6.45) is 4.24. The van der Waals surface area contributed by atoms with Gasteiger partial charge in [0.15, 0.2) is 5.69 Å². The molecular weight excluding hydrogens is 270 g/mol. The molecule has 2 aromatic rings. The average Bonchev–Trinajstić information content (AvgIpc) is 2.86. The summed E-state index contributed by atoms with van der Waals surface area (Å²) in [7, 11) is 1.73. The molecule has 0 unspecified atom stereocenters. The van der Waals surface area contributed by atoms with E-state index in [2.05, 4.69) is 10.4 Å². The zero-order chi connectivity index (χ0) is 15.4. The Morgan fingerprint density at radius 2 is 2.10 bits per heavy atom. The number of aryl methyl sites for hydroxylation is 2. The van der Waals surface area contributed by atoms with E-state index in [1.165, 1.54) is 6.08 Å². The smallest absolute Gasteiger partial charge is 0.328 e. The minimum atomic E-state index is -1.02. The number of amides is 1. The van der Waals surface area contributed by atoms with Gasteiger partial charge in [0.1, 0.15) is 0 Å². The molecule has 2 rings (SSSR count). The second-order valence-corrected chi connectivity index (χ2v) is 4.57. The summed E-state index contributed by atoms with van der Waals surface area (Å²) in [5.74, 6) is -1.33. The van der Waals surface area contributed by atoms with Crippen LogP contribution in [0.3, 0.4) is 0 Å². The molecule has 6 nitrogen and oxygen atoms in total. The monoisotopic (exact) mass is 285 g/mol. The largest absolute Gasteiger partial charge is 0.478 e. The van der Waals surface area contributed by atoms with Crippen molar-refractivity contribution in [3.63, 3.8) is 0 Å². The van der Waals surface area contributed by atoms with E-state index in [9.17, 15) is 9.59 Å². The number of carbonyl (C=O) groups excluding carboxylic acids is 1. The van der Waals surface area contributed by atoms with Crippen molar-refractivity contribution in [2.24, 2.45) is 7.05 Å². The lowest BCUT2D eigenvalue weighted by Gasteiger charge is -2.06. The third-order valence-electron chi connectivity index (χ3n) is 2.89. The van der Waals surface area contributed by atoms with E-state index in [4.69, 9.17) is 5.11 Å². The van der Waals surface area contributed by atoms with Crippen LogP contribution in [-0.4, -0.2) is 26.8 Å². The standard InChI is InChI=1S/C15H15N3O3/c1-10-3-5-12(9-11(10)4-6-14(19)20)16-15(21)13-7-8-18(2)17-13/h3-9H,1-2H3,(H,16,21)(H,19,20)/b6-4+. The van der Waals surface area contributed by atoms with Crippen molar-refractivity contribution in [3.05, 3.63) is 53.4 Å². The Bertz CT molecular complexity index is 717. The number of nitrogens with zero attached hydrogens (tertiary/aromatic N) is 2. The highest BCUT2D eigenvalue weighted by Crippen LogP contribution is 2.17. The fraction of sp³-hybridized carbons (Fsp3) is 0.133. The van der Waals surface area contributed by atoms with Crippen molar-refractivity contribution in [2.75, 3.05) is 5.32 Å². The highest BCUT2D eigenvalue weighted by Gasteiger charge is 2.09. The van der Waals surface area contributed by atoms with Crippen LogP contribution in [0, 0.1) is 6.92 Å². The van der Waals surface area contributed by atoms with Gasteiger partial charge in [0.25, 0.3) is 5.91 Å². The van der Waals surface area contributed by atoms with E-state index in [0.717, 1.165) is 17.2 Å². The maximum Gasteiger partial charge on any atom is 0.328 e. The normalized spacial score (nSPS) is 10.8. The van der Waals surface area contributed by atoms with E-state index in [0.29, 0.717) is 11.4 Å². The Kier molecular flexibility index (Phi) is 4.18. The van der Waals surface area contributed by atoms with Crippen molar-refractivity contribution >= 4 is 23.6 Å². The number of carboxylic acids is 1. The molecule has 0 fully saturated rings. The van der Waals surface area contributed by atoms with E-state index in [1.54, 1.807) is 36.1 Å². The molecule has 108 valence electrons. The molecule has 0 saturated carbocycles. The lowest BCUT2D eigenvalue weighted by molar-refractivity contribution is -0.131. The van der Waals surface area contributed by atoms with Crippen molar-refractivity contribution < 1.29 is 14.7 Å². The van der Waals surface area contributed by atoms with Gasteiger partial charge in [-0.25, -0.2) is 4.79 Å². The molecule has 0 radical (unpaired) electrons. The van der Waals surface area contributed by atoms with Gasteiger partial charge in [0, 0.05) is 25.0 Å². The number of carboxylic acid groups (broad SMARTS) is 1. The molecule has 0 aliphatic rings. The van der Waals surface area contributed by atoms with Crippen molar-refractivity contribution in [1.29, 1.82) is 0 Å². The molecule has 0 spiro atoms. The van der Waals surface area contributed by atoms with Crippen molar-refractivity contribution in [3.8, 4) is 0 Å². The topological polar surface area (TPSA) is 84.2 Å². The third kappa shape index (κ3) is 3.79. The SMILES string of the molecule is Cc1ccc(NC(=O)c2ccn(C)n2)cc1/C=C/C(=O)O. The number of rotatable bonds is 4. The Morgan fingerprint density at radius 3 is 2.71 bits per heavy atom. The van der Waals surface area contributed by atoms with E-state index in [1.807, 2.05) is 13.0 Å². The molecule has 1 aromatic heterocycles. The van der Waals surface area contributed by atoms with Gasteiger partial charge >= 0.3 is 5.97 Å². The summed E-state index contributed by atoms with van der Waals surface area (Å²) in [5.41, 5.74) is 2.56. The fourth-order valence-corrected chi connectivity index (χ4v) is 1.79. The predicted octanol–water partition coefficient (Wildman–Crippen LogP) is 2.08. The molecule has 0 bridgehead atoms. The van der Waals surface area contributed by atoms with Crippen molar-refractivity contribution in [2.45, 2.75) is 6.92 Å². The predicted molar refractivity (Wildman–Crippen MR) is 79.0 cm³/mol. The molecule has 6 heteroatoms. The number of hydrogen-bond donors (Lipinski definition) is 2. The average molecular weight is 285 g/mol. The Labute approximate surface area is 121 Å². The minimum Gasteiger partial charge on any atom is -0.478 e. The van der Waals surface area contributed by atoms with Gasteiger partial charge < -0.3 is 10.4 Å². The Morgan fingerprint density at radius 1 is 1.33 bits per heavy atom. The number of anilines is 1. The van der Waals surface area contributed by atoms with Crippen LogP contribution in [0.25, 0.3) is 6.08 Å². The Balaban J connectivity index is 2.19. The van der Waals surface area contributed by atoms with Crippen LogP contribution in [0.4, 0.5) is 5.69 Å². The molecule has 0 aliphatic heterocycles. The second-order valence-electron chi connectivity index (χ2n) is 4.57. The maximum atomic E-state index is 12.0. The molecule has 1 aromatic carbocycles. The van der Waals surface area contributed by atoms with Crippen LogP contribution in [0.1, 0.15) is 21.6 Å². The van der Waals surface area contributed by atoms with Crippen LogP contribution in [0.5, 0.6) is 0 Å². The first kappa shape index (κ1) is 14.5. The van der Waals surface area contributed by atoms with Gasteiger partial charge in [0.05, 0.1) is 0 Å². The number of nitrogens with one attached hydrogen (secondary N) is 1. The highest BCUT2D eigenvalue weighted by molar-refractivity contribution is 6.03. The fourth-order valence-electron chi connectivity index (χ4n) is 1.79. The van der Waals surface area contributed by atoms with Gasteiger partial charge in [-0.2, -0.15) is 5.10 Å². The quantitative estimate of drug-likeness (QED) is 0.842. The molecule has 0 aliphatic carbocycles. The van der Waals surface area contributed by atoms with Gasteiger partial charge in [-0.05, 0) is 42.3 Å². The number of carbonyl (C=O) groups is 2. The Hall–Kier alpha value is -2.89. The van der Waals surface area contributed by atoms with E-state index >= 15 is 0 Å². The van der Waals surface area contributed by atoms with Crippen LogP contribution in [-0.2, 0) is 11.8 Å². The van der Waals surface area contributed by atoms with Gasteiger partial charge in [-0.1, -0.05) is 6.07 Å². The lowest BCUT2D eigenvalue weighted by Crippen LogP contribution is -2.13. The molecule has 1 amide bonds. The molecule has 21 heavy (non-hydrogen) atoms. The first-order valence-electron chi connectivity index (χ1n) is 6.28. The first-order chi connectivity index (χ1) is 9.95. The van der Waals surface area contributed by atoms with Crippen LogP contribution < -0.4 is 5.32 Å². The molecule has 1 heterocycles. The maximum absolute atomic E-state index is 12.0. The molecule has 0 atom stereocenters. The van der Waals surface area contributed by atoms with Crippen LogP contribution in [0.2, 0.25) is 0 Å². The lowest BCUT2D eigenvalue weighted by atomic mass is 10.1. The zero-order valence-electron chi connectivity index (χ0n) is 11.7. The van der Waals surface area contributed by atoms with Crippen molar-refractivity contribution in [1.82, 2.24) is 9.78 Å². The number of aromatic nitrogens is 2. The van der Waals surface area contributed by atoms with Gasteiger partial charge in [-0.3, -0.25) is 9.48 Å². The molecule has 0 saturated heterocycles. The number of hydrogen-bond acceptors (Lipinski definition) is 3. The summed E-state index contributed by atoms with van der Waals surface area (Å²) >= 11 is 0. The third-order valence-corrected chi connectivity index (χ3v) is 2.89. The summed E-state index contributed by atoms with van der Waals surface area (Å²) in [5, 5.41) is 15.4. The molecule has 2 N–H and O–H groups in total. The van der Waals surface area contributed by atoms with Gasteiger partial charge in [-0.15, -0.1) is 0 Å². The summed E-state index contributed by atoms with van der Waals surface area (Å²) < 4.78 is 1.55. The highest BCUT2D eigenvalue weighted by atomic mass is 16.4. The zero-order valence-corrected chi connectivity index (χ0v) is 11.7. The van der Waals surface area contributed by atoms with E-state index in [-0.39, 0.29) is 5.91 Å². The number of benzene rings is 1. The summed E-state index contributed by atoms with van der Waals surface area (Å²) in [6.45, 7) is 1.87. The summed E-state index contributed by atoms with van der Waals surface area (Å²) in [6, 6.07) is 6.91. The molecular formula is C15H15N3O3. The second kappa shape index (κ2) is 6.04. The van der Waals surface area contributed by atoms with Crippen LogP contribution >= 0.6 is 0 Å². The van der Waals surface area contributed by atoms with Crippen LogP contribution in [0.15, 0.2) is 36.5 Å². The van der Waals surface area contributed by atoms with Gasteiger partial charge in [0.2, 0.25) is 0 Å². The summed E-state index contributed by atoms with van der Waals surface area (Å²) in [4.78, 5) is 22.6. The first-order valence-corrected chi connectivity index (χ1v) is 6.28. The van der Waals surface area contributed by atoms with E-state index < -0.39 is 5.97 Å². The minimum absolute atomic E-state index is 0.312.